The summed E-state index contributed by atoms with van der Waals surface area (Å²) >= 11 is 0. The predicted molar refractivity (Wildman–Crippen MR) is 107 cm³/mol. The van der Waals surface area contributed by atoms with Crippen LogP contribution in [0.1, 0.15) is 44.5 Å². The number of aliphatic hydroxyl groups is 1. The van der Waals surface area contributed by atoms with Gasteiger partial charge in [0.05, 0.1) is 12.6 Å². The van der Waals surface area contributed by atoms with Crippen molar-refractivity contribution >= 4 is 11.8 Å². The van der Waals surface area contributed by atoms with Gasteiger partial charge in [0.15, 0.2) is 0 Å². The van der Waals surface area contributed by atoms with E-state index in [2.05, 4.69) is 67.2 Å². The van der Waals surface area contributed by atoms with Gasteiger partial charge in [-0.25, -0.2) is 4.98 Å². The number of aryl methyl sites for hydroxylation is 1. The van der Waals surface area contributed by atoms with Crippen LogP contribution in [0.15, 0.2) is 30.3 Å². The molecule has 1 aliphatic rings. The molecule has 0 saturated heterocycles. The third kappa shape index (κ3) is 3.83. The summed E-state index contributed by atoms with van der Waals surface area (Å²) in [5.41, 5.74) is 3.67. The van der Waals surface area contributed by atoms with E-state index in [1.54, 1.807) is 0 Å². The van der Waals surface area contributed by atoms with E-state index >= 15 is 0 Å². The van der Waals surface area contributed by atoms with Gasteiger partial charge in [-0.05, 0) is 44.2 Å². The Labute approximate surface area is 156 Å². The zero-order chi connectivity index (χ0) is 18.9. The fourth-order valence-corrected chi connectivity index (χ4v) is 3.56. The smallest absolute Gasteiger partial charge is 0.225 e. The molecule has 0 radical (unpaired) electrons. The molecule has 26 heavy (non-hydrogen) atoms. The fraction of sp³-hybridized carbons (Fsp3) is 0.524. The molecule has 0 spiro atoms. The first-order chi connectivity index (χ1) is 12.3. The Hall–Kier alpha value is -2.14. The lowest BCUT2D eigenvalue weighted by molar-refractivity contribution is 0.248. The summed E-state index contributed by atoms with van der Waals surface area (Å²) in [6.07, 6.45) is 0.986. The third-order valence-electron chi connectivity index (χ3n) is 5.23. The summed E-state index contributed by atoms with van der Waals surface area (Å²) in [6, 6.07) is 10.6. The van der Waals surface area contributed by atoms with E-state index in [1.807, 2.05) is 13.0 Å². The minimum atomic E-state index is -0.0558. The highest BCUT2D eigenvalue weighted by molar-refractivity contribution is 5.51. The second kappa shape index (κ2) is 7.23. The average Bonchev–Trinajstić information content (AvgIpc) is 2.57. The first-order valence-electron chi connectivity index (χ1n) is 9.37. The van der Waals surface area contributed by atoms with Gasteiger partial charge in [0.25, 0.3) is 0 Å². The predicted octanol–water partition coefficient (Wildman–Crippen LogP) is 3.56. The van der Waals surface area contributed by atoms with Crippen molar-refractivity contribution in [3.63, 3.8) is 0 Å². The highest BCUT2D eigenvalue weighted by Gasteiger charge is 2.34. The largest absolute Gasteiger partial charge is 0.394 e. The summed E-state index contributed by atoms with van der Waals surface area (Å²) in [6.45, 7) is 11.6. The van der Waals surface area contributed by atoms with Gasteiger partial charge in [0.1, 0.15) is 5.82 Å². The number of nitrogens with zero attached hydrogens (tertiary/aromatic N) is 3. The molecule has 0 aliphatic carbocycles. The van der Waals surface area contributed by atoms with Crippen molar-refractivity contribution in [3.05, 3.63) is 47.2 Å². The number of benzene rings is 1. The first-order valence-corrected chi connectivity index (χ1v) is 9.37. The quantitative estimate of drug-likeness (QED) is 0.860. The molecule has 1 aromatic carbocycles. The van der Waals surface area contributed by atoms with Gasteiger partial charge >= 0.3 is 0 Å². The number of aromatic nitrogens is 2. The van der Waals surface area contributed by atoms with Crippen LogP contribution in [-0.2, 0) is 13.0 Å². The standard InChI is InChI=1S/C21H30N4O/c1-14(2)18(13-26)23-20-22-15(3)10-19(24-20)25-12-17-9-7-6-8-16(17)11-21(25,4)5/h6-10,14,18,26H,11-13H2,1-5H3,(H,22,23,24)/t18-/m1/s1. The van der Waals surface area contributed by atoms with Crippen LogP contribution in [0.5, 0.6) is 0 Å². The van der Waals surface area contributed by atoms with Crippen LogP contribution in [0.25, 0.3) is 0 Å². The van der Waals surface area contributed by atoms with Crippen molar-refractivity contribution in [1.82, 2.24) is 9.97 Å². The third-order valence-corrected chi connectivity index (χ3v) is 5.23. The highest BCUT2D eigenvalue weighted by Crippen LogP contribution is 2.34. The van der Waals surface area contributed by atoms with Crippen molar-refractivity contribution in [2.24, 2.45) is 5.92 Å². The Bertz CT molecular complexity index is 772. The van der Waals surface area contributed by atoms with Crippen molar-refractivity contribution in [3.8, 4) is 0 Å². The Morgan fingerprint density at radius 2 is 1.88 bits per heavy atom. The molecule has 1 atom stereocenters. The molecule has 0 amide bonds. The van der Waals surface area contributed by atoms with Crippen molar-refractivity contribution in [1.29, 1.82) is 0 Å². The lowest BCUT2D eigenvalue weighted by Gasteiger charge is -2.44. The summed E-state index contributed by atoms with van der Waals surface area (Å²) in [5, 5.41) is 12.9. The molecular formula is C21H30N4O. The number of rotatable bonds is 5. The Morgan fingerprint density at radius 1 is 1.19 bits per heavy atom. The maximum absolute atomic E-state index is 9.61. The van der Waals surface area contributed by atoms with Gasteiger partial charge in [0.2, 0.25) is 5.95 Å². The molecule has 5 heteroatoms. The monoisotopic (exact) mass is 354 g/mol. The van der Waals surface area contributed by atoms with Crippen molar-refractivity contribution in [2.75, 3.05) is 16.8 Å². The summed E-state index contributed by atoms with van der Waals surface area (Å²) in [5.74, 6) is 1.81. The van der Waals surface area contributed by atoms with E-state index < -0.39 is 0 Å². The van der Waals surface area contributed by atoms with Crippen LogP contribution in [0.2, 0.25) is 0 Å². The van der Waals surface area contributed by atoms with Gasteiger partial charge in [-0.1, -0.05) is 38.1 Å². The highest BCUT2D eigenvalue weighted by atomic mass is 16.3. The molecule has 3 rings (SSSR count). The van der Waals surface area contributed by atoms with Crippen molar-refractivity contribution < 1.29 is 5.11 Å². The maximum atomic E-state index is 9.61. The van der Waals surface area contributed by atoms with Crippen LogP contribution in [0.3, 0.4) is 0 Å². The molecule has 2 aromatic rings. The van der Waals surface area contributed by atoms with Crippen LogP contribution >= 0.6 is 0 Å². The molecule has 0 saturated carbocycles. The van der Waals surface area contributed by atoms with E-state index in [0.29, 0.717) is 11.9 Å². The first kappa shape index (κ1) is 18.6. The molecule has 2 N–H and O–H groups in total. The van der Waals surface area contributed by atoms with Gasteiger partial charge < -0.3 is 15.3 Å². The molecule has 5 nitrogen and oxygen atoms in total. The Morgan fingerprint density at radius 3 is 2.54 bits per heavy atom. The van der Waals surface area contributed by atoms with Gasteiger partial charge in [0, 0.05) is 23.8 Å². The minimum absolute atomic E-state index is 0.0269. The number of nitrogens with one attached hydrogen (secondary N) is 1. The Kier molecular flexibility index (Phi) is 5.19. The number of hydrogen-bond donors (Lipinski definition) is 2. The lowest BCUT2D eigenvalue weighted by Crippen LogP contribution is -2.49. The molecule has 0 bridgehead atoms. The van der Waals surface area contributed by atoms with Crippen molar-refractivity contribution in [2.45, 2.75) is 59.2 Å². The second-order valence-electron chi connectivity index (χ2n) is 8.21. The maximum Gasteiger partial charge on any atom is 0.225 e. The molecule has 0 fully saturated rings. The van der Waals surface area contributed by atoms with Crippen LogP contribution < -0.4 is 10.2 Å². The number of anilines is 2. The number of fused-ring (bicyclic) bond motifs is 1. The zero-order valence-corrected chi connectivity index (χ0v) is 16.5. The summed E-state index contributed by atoms with van der Waals surface area (Å²) in [4.78, 5) is 11.7. The minimum Gasteiger partial charge on any atom is -0.394 e. The fourth-order valence-electron chi connectivity index (χ4n) is 3.56. The molecule has 140 valence electrons. The number of aliphatic hydroxyl groups excluding tert-OH is 1. The lowest BCUT2D eigenvalue weighted by atomic mass is 9.85. The van der Waals surface area contributed by atoms with Gasteiger partial charge in [-0.15, -0.1) is 0 Å². The van der Waals surface area contributed by atoms with E-state index in [4.69, 9.17) is 4.98 Å². The van der Waals surface area contributed by atoms with Crippen LogP contribution in [0.4, 0.5) is 11.8 Å². The van der Waals surface area contributed by atoms with Crippen LogP contribution in [0, 0.1) is 12.8 Å². The molecule has 1 aromatic heterocycles. The van der Waals surface area contributed by atoms with Crippen LogP contribution in [-0.4, -0.2) is 33.3 Å². The van der Waals surface area contributed by atoms with Gasteiger partial charge in [-0.2, -0.15) is 4.98 Å². The topological polar surface area (TPSA) is 61.3 Å². The molecular weight excluding hydrogens is 324 g/mol. The Balaban J connectivity index is 1.93. The average molecular weight is 354 g/mol. The SMILES string of the molecule is Cc1cc(N2Cc3ccccc3CC2(C)C)nc(N[C@H](CO)C(C)C)n1. The van der Waals surface area contributed by atoms with E-state index in [-0.39, 0.29) is 18.2 Å². The molecule has 1 aliphatic heterocycles. The summed E-state index contributed by atoms with van der Waals surface area (Å²) < 4.78 is 0. The van der Waals surface area contributed by atoms with E-state index in [9.17, 15) is 5.11 Å². The molecule has 2 heterocycles. The van der Waals surface area contributed by atoms with E-state index in [0.717, 1.165) is 24.5 Å². The van der Waals surface area contributed by atoms with Gasteiger partial charge in [-0.3, -0.25) is 0 Å². The second-order valence-corrected chi connectivity index (χ2v) is 8.21. The van der Waals surface area contributed by atoms with E-state index in [1.165, 1.54) is 11.1 Å². The number of hydrogen-bond acceptors (Lipinski definition) is 5. The normalized spacial score (nSPS) is 17.1. The zero-order valence-electron chi connectivity index (χ0n) is 16.5. The molecule has 0 unspecified atom stereocenters. The summed E-state index contributed by atoms with van der Waals surface area (Å²) in [7, 11) is 0.